The fourth-order valence-corrected chi connectivity index (χ4v) is 7.04. The van der Waals surface area contributed by atoms with Gasteiger partial charge in [-0.1, -0.05) is 60.6 Å². The number of aromatic nitrogens is 3. The molecule has 1 N–H and O–H groups in total. The predicted molar refractivity (Wildman–Crippen MR) is 170 cm³/mol. The minimum Gasteiger partial charge on any atom is -0.406 e. The summed E-state index contributed by atoms with van der Waals surface area (Å²) in [4.78, 5) is 24.3. The third-order valence-electron chi connectivity index (χ3n) is 8.14. The first-order valence-corrected chi connectivity index (χ1v) is 15.9. The van der Waals surface area contributed by atoms with E-state index in [0.29, 0.717) is 11.5 Å². The second-order valence-corrected chi connectivity index (χ2v) is 12.3. The Hall–Kier alpha value is -4.32. The zero-order chi connectivity index (χ0) is 31.6. The predicted octanol–water partition coefficient (Wildman–Crippen LogP) is 7.79. The van der Waals surface area contributed by atoms with Crippen molar-refractivity contribution in [3.8, 4) is 22.8 Å². The lowest BCUT2D eigenvalue weighted by atomic mass is 9.93. The van der Waals surface area contributed by atoms with Crippen LogP contribution in [0.4, 0.5) is 23.7 Å². The number of aliphatic imine (C=N–C) groups is 1. The molecule has 1 aliphatic carbocycles. The molecule has 2 amide bonds. The number of benzene rings is 3. The molecule has 45 heavy (non-hydrogen) atoms. The van der Waals surface area contributed by atoms with Gasteiger partial charge in [-0.3, -0.25) is 0 Å². The number of carbonyl (C=O) groups is 1. The molecule has 2 unspecified atom stereocenters. The van der Waals surface area contributed by atoms with Crippen molar-refractivity contribution in [3.63, 3.8) is 0 Å². The van der Waals surface area contributed by atoms with E-state index in [-0.39, 0.29) is 23.7 Å². The molecule has 1 saturated heterocycles. The summed E-state index contributed by atoms with van der Waals surface area (Å²) in [6, 6.07) is 19.3. The second-order valence-electron chi connectivity index (χ2n) is 11.3. The molecule has 1 aromatic heterocycles. The summed E-state index contributed by atoms with van der Waals surface area (Å²) in [5, 5.41) is 8.43. The number of nitrogens with one attached hydrogen (secondary N) is 1. The smallest absolute Gasteiger partial charge is 0.406 e. The number of alkyl halides is 3. The van der Waals surface area contributed by atoms with Gasteiger partial charge in [0.25, 0.3) is 0 Å². The molecule has 4 aromatic rings. The summed E-state index contributed by atoms with van der Waals surface area (Å²) < 4.78 is 42.8. The van der Waals surface area contributed by atoms with Crippen LogP contribution in [-0.2, 0) is 0 Å². The Labute approximate surface area is 263 Å². The number of urea groups is 1. The number of carbonyl (C=O) groups excluding carboxylic acids is 1. The maximum Gasteiger partial charge on any atom is 0.573 e. The standard InChI is InChI=1S/C33H33F3N6O2S/c1-21-6-3-7-22(2)29(21)41-18-5-19-45-32(41)39-31(43)38-28-9-4-8-27(28)23-10-12-24(13-11-23)30-37-20-42(40-30)25-14-16-26(17-15-25)44-33(34,35)36/h3,6-7,10-17,20,27-28H,4-5,8-9,18-19H2,1-2H3,(H,38,43)/b39-32-. The molecule has 8 nitrogen and oxygen atoms in total. The van der Waals surface area contributed by atoms with E-state index in [4.69, 9.17) is 0 Å². The quantitative estimate of drug-likeness (QED) is 0.233. The van der Waals surface area contributed by atoms with Gasteiger partial charge in [-0.25, -0.2) is 14.5 Å². The van der Waals surface area contributed by atoms with Crippen molar-refractivity contribution in [2.24, 2.45) is 4.99 Å². The lowest BCUT2D eigenvalue weighted by molar-refractivity contribution is -0.274. The topological polar surface area (TPSA) is 84.6 Å². The lowest BCUT2D eigenvalue weighted by Gasteiger charge is -2.32. The van der Waals surface area contributed by atoms with Gasteiger partial charge in [-0.15, -0.1) is 18.3 Å². The van der Waals surface area contributed by atoms with Crippen LogP contribution in [0.3, 0.4) is 0 Å². The molecule has 6 rings (SSSR count). The van der Waals surface area contributed by atoms with Gasteiger partial charge in [0.05, 0.1) is 5.69 Å². The van der Waals surface area contributed by atoms with Crippen molar-refractivity contribution < 1.29 is 22.7 Å². The van der Waals surface area contributed by atoms with E-state index < -0.39 is 6.36 Å². The fourth-order valence-electron chi connectivity index (χ4n) is 6.10. The van der Waals surface area contributed by atoms with Crippen LogP contribution >= 0.6 is 11.8 Å². The molecule has 0 radical (unpaired) electrons. The minimum absolute atomic E-state index is 0.0171. The van der Waals surface area contributed by atoms with Crippen LogP contribution in [0.5, 0.6) is 5.75 Å². The molecule has 1 aliphatic heterocycles. The van der Waals surface area contributed by atoms with E-state index in [1.165, 1.54) is 46.4 Å². The average Bonchev–Trinajstić information content (AvgIpc) is 3.68. The van der Waals surface area contributed by atoms with Crippen LogP contribution in [0.1, 0.15) is 48.3 Å². The Morgan fingerprint density at radius 1 is 1.00 bits per heavy atom. The molecule has 2 aliphatic rings. The molecule has 234 valence electrons. The Kier molecular flexibility index (Phi) is 8.84. The summed E-state index contributed by atoms with van der Waals surface area (Å²) in [6.45, 7) is 5.02. The molecule has 3 aromatic carbocycles. The van der Waals surface area contributed by atoms with Crippen LogP contribution in [0.15, 0.2) is 78.0 Å². The van der Waals surface area contributed by atoms with Crippen molar-refractivity contribution in [1.82, 2.24) is 20.1 Å². The minimum atomic E-state index is -4.75. The summed E-state index contributed by atoms with van der Waals surface area (Å²) in [5.74, 6) is 1.29. The largest absolute Gasteiger partial charge is 0.573 e. The first-order valence-electron chi connectivity index (χ1n) is 14.9. The monoisotopic (exact) mass is 634 g/mol. The van der Waals surface area contributed by atoms with E-state index in [2.05, 4.69) is 56.0 Å². The molecule has 12 heteroatoms. The van der Waals surface area contributed by atoms with E-state index in [1.807, 2.05) is 30.3 Å². The molecule has 0 spiro atoms. The highest BCUT2D eigenvalue weighted by atomic mass is 32.2. The Morgan fingerprint density at radius 3 is 2.44 bits per heavy atom. The number of thioether (sulfide) groups is 1. The van der Waals surface area contributed by atoms with Gasteiger partial charge in [0, 0.05) is 35.5 Å². The third-order valence-corrected chi connectivity index (χ3v) is 9.21. The third kappa shape index (κ3) is 7.16. The molecule has 2 fully saturated rings. The average molecular weight is 635 g/mol. The normalized spacial score (nSPS) is 19.6. The van der Waals surface area contributed by atoms with Gasteiger partial charge in [0.15, 0.2) is 11.0 Å². The van der Waals surface area contributed by atoms with Crippen LogP contribution < -0.4 is 15.0 Å². The molecule has 2 heterocycles. The Balaban J connectivity index is 1.12. The first kappa shape index (κ1) is 30.7. The highest BCUT2D eigenvalue weighted by molar-refractivity contribution is 8.14. The van der Waals surface area contributed by atoms with Crippen LogP contribution in [0.25, 0.3) is 17.1 Å². The number of amides is 2. The van der Waals surface area contributed by atoms with E-state index in [9.17, 15) is 18.0 Å². The molecular weight excluding hydrogens is 601 g/mol. The van der Waals surface area contributed by atoms with Crippen molar-refractivity contribution in [1.29, 1.82) is 0 Å². The number of rotatable bonds is 6. The van der Waals surface area contributed by atoms with Crippen LogP contribution in [0.2, 0.25) is 0 Å². The van der Waals surface area contributed by atoms with Crippen LogP contribution in [-0.4, -0.2) is 50.7 Å². The Bertz CT molecular complexity index is 1670. The number of amidine groups is 1. The van der Waals surface area contributed by atoms with Crippen molar-refractivity contribution in [2.75, 3.05) is 17.2 Å². The molecule has 1 saturated carbocycles. The number of anilines is 1. The highest BCUT2D eigenvalue weighted by Gasteiger charge is 2.32. The Morgan fingerprint density at radius 2 is 1.73 bits per heavy atom. The van der Waals surface area contributed by atoms with Gasteiger partial charge in [-0.05, 0) is 74.1 Å². The van der Waals surface area contributed by atoms with Crippen molar-refractivity contribution >= 4 is 28.6 Å². The maximum atomic E-state index is 13.2. The zero-order valence-electron chi connectivity index (χ0n) is 24.9. The number of nitrogens with zero attached hydrogens (tertiary/aromatic N) is 5. The second kappa shape index (κ2) is 13.0. The summed E-state index contributed by atoms with van der Waals surface area (Å²) in [6.07, 6.45) is 0.656. The van der Waals surface area contributed by atoms with Crippen molar-refractivity contribution in [2.45, 2.75) is 57.9 Å². The van der Waals surface area contributed by atoms with Gasteiger partial charge >= 0.3 is 12.4 Å². The summed E-state index contributed by atoms with van der Waals surface area (Å²) in [5.41, 5.74) is 5.94. The zero-order valence-corrected chi connectivity index (χ0v) is 25.7. The number of aryl methyl sites for hydroxylation is 2. The van der Waals surface area contributed by atoms with E-state index in [1.54, 1.807) is 11.8 Å². The number of ether oxygens (including phenoxy) is 1. The van der Waals surface area contributed by atoms with E-state index >= 15 is 0 Å². The van der Waals surface area contributed by atoms with Gasteiger partial charge < -0.3 is 15.0 Å². The molecule has 0 bridgehead atoms. The first-order chi connectivity index (χ1) is 21.6. The lowest BCUT2D eigenvalue weighted by Crippen LogP contribution is -2.39. The van der Waals surface area contributed by atoms with E-state index in [0.717, 1.165) is 60.0 Å². The van der Waals surface area contributed by atoms with Gasteiger partial charge in [0.1, 0.15) is 12.1 Å². The number of hydrogen-bond acceptors (Lipinski definition) is 5. The molecule has 2 atom stereocenters. The van der Waals surface area contributed by atoms with Gasteiger partial charge in [0.2, 0.25) is 0 Å². The van der Waals surface area contributed by atoms with Crippen LogP contribution in [0, 0.1) is 13.8 Å². The SMILES string of the molecule is Cc1cccc(C)c1N1CCCS/C1=N\C(=O)NC1CCCC1c1ccc(-c2ncn(-c3ccc(OC(F)(F)F)cc3)n2)cc1. The van der Waals surface area contributed by atoms with Crippen molar-refractivity contribution in [3.05, 3.63) is 89.7 Å². The number of halogens is 3. The van der Waals surface area contributed by atoms with Gasteiger partial charge in [-0.2, -0.15) is 4.99 Å². The summed E-state index contributed by atoms with van der Waals surface area (Å²) >= 11 is 1.62. The molecular formula is C33H33F3N6O2S. The number of hydrogen-bond donors (Lipinski definition) is 1. The number of para-hydroxylation sites is 1. The highest BCUT2D eigenvalue weighted by Crippen LogP contribution is 2.36. The fraction of sp³-hybridized carbons (Fsp3) is 0.333. The summed E-state index contributed by atoms with van der Waals surface area (Å²) in [7, 11) is 0. The maximum absolute atomic E-state index is 13.2.